The number of carbonyl (C=O) groups is 1. The second kappa shape index (κ2) is 7.28. The third-order valence-electron chi connectivity index (χ3n) is 5.23. The highest BCUT2D eigenvalue weighted by Crippen LogP contribution is 2.39. The lowest BCUT2D eigenvalue weighted by Crippen LogP contribution is -2.37. The largest absolute Gasteiger partial charge is 0.459 e. The summed E-state index contributed by atoms with van der Waals surface area (Å²) in [7, 11) is 0. The molecule has 1 aromatic rings. The molecule has 1 aromatic carbocycles. The average molecular weight is 302 g/mol. The van der Waals surface area contributed by atoms with Gasteiger partial charge in [0.15, 0.2) is 0 Å². The second-order valence-corrected chi connectivity index (χ2v) is 6.74. The van der Waals surface area contributed by atoms with Gasteiger partial charge in [0, 0.05) is 0 Å². The van der Waals surface area contributed by atoms with Gasteiger partial charge in [0.05, 0.1) is 12.0 Å². The van der Waals surface area contributed by atoms with Crippen LogP contribution in [-0.4, -0.2) is 23.3 Å². The molecule has 2 saturated carbocycles. The first-order valence-corrected chi connectivity index (χ1v) is 8.69. The molecule has 0 saturated heterocycles. The first-order chi connectivity index (χ1) is 10.8. The lowest BCUT2D eigenvalue weighted by atomic mass is 9.75. The first-order valence-electron chi connectivity index (χ1n) is 8.69. The van der Waals surface area contributed by atoms with Crippen LogP contribution in [0.25, 0.3) is 0 Å². The molecule has 2 aliphatic rings. The zero-order valence-electron chi connectivity index (χ0n) is 13.1. The Labute approximate surface area is 132 Å². The summed E-state index contributed by atoms with van der Waals surface area (Å²) >= 11 is 0. The van der Waals surface area contributed by atoms with Crippen LogP contribution in [0.2, 0.25) is 0 Å². The minimum atomic E-state index is -0.475. The van der Waals surface area contributed by atoms with Crippen LogP contribution in [0.5, 0.6) is 0 Å². The van der Waals surface area contributed by atoms with Crippen molar-refractivity contribution in [1.82, 2.24) is 0 Å². The van der Waals surface area contributed by atoms with E-state index < -0.39 is 6.10 Å². The van der Waals surface area contributed by atoms with Crippen LogP contribution in [0, 0.1) is 5.92 Å². The van der Waals surface area contributed by atoms with E-state index >= 15 is 0 Å². The van der Waals surface area contributed by atoms with Crippen LogP contribution in [0.1, 0.15) is 62.8 Å². The first kappa shape index (κ1) is 15.5. The molecule has 2 fully saturated rings. The smallest absolute Gasteiger partial charge is 0.309 e. The van der Waals surface area contributed by atoms with E-state index in [9.17, 15) is 9.90 Å². The zero-order chi connectivity index (χ0) is 15.4. The van der Waals surface area contributed by atoms with Gasteiger partial charge >= 0.3 is 5.97 Å². The van der Waals surface area contributed by atoms with Gasteiger partial charge < -0.3 is 9.84 Å². The SMILES string of the molecule is O=C(O[C@@H]1CCCC[C@H]1O)[C@H]1CCCC[C@H]1c1ccccc1. The van der Waals surface area contributed by atoms with Gasteiger partial charge in [0.25, 0.3) is 0 Å². The van der Waals surface area contributed by atoms with Crippen molar-refractivity contribution in [1.29, 1.82) is 0 Å². The molecule has 4 atom stereocenters. The van der Waals surface area contributed by atoms with E-state index in [1.54, 1.807) is 0 Å². The highest BCUT2D eigenvalue weighted by molar-refractivity contribution is 5.74. The van der Waals surface area contributed by atoms with E-state index in [1.807, 2.05) is 18.2 Å². The molecule has 3 rings (SSSR count). The molecular weight excluding hydrogens is 276 g/mol. The van der Waals surface area contributed by atoms with Gasteiger partial charge in [0.2, 0.25) is 0 Å². The summed E-state index contributed by atoms with van der Waals surface area (Å²) in [5.41, 5.74) is 1.24. The number of aliphatic hydroxyl groups is 1. The molecule has 0 aliphatic heterocycles. The molecule has 0 heterocycles. The molecule has 0 bridgehead atoms. The lowest BCUT2D eigenvalue weighted by molar-refractivity contribution is -0.164. The van der Waals surface area contributed by atoms with Crippen molar-refractivity contribution in [2.45, 2.75) is 69.5 Å². The Bertz CT molecular complexity index is 485. The molecule has 22 heavy (non-hydrogen) atoms. The summed E-state index contributed by atoms with van der Waals surface area (Å²) in [5.74, 6) is 0.118. The van der Waals surface area contributed by atoms with Gasteiger partial charge in [0.1, 0.15) is 6.10 Å². The van der Waals surface area contributed by atoms with E-state index in [2.05, 4.69) is 12.1 Å². The fourth-order valence-electron chi connectivity index (χ4n) is 3.96. The Balaban J connectivity index is 1.69. The number of hydrogen-bond acceptors (Lipinski definition) is 3. The van der Waals surface area contributed by atoms with Crippen LogP contribution in [0.15, 0.2) is 30.3 Å². The lowest BCUT2D eigenvalue weighted by Gasteiger charge is -2.33. The highest BCUT2D eigenvalue weighted by Gasteiger charge is 2.36. The van der Waals surface area contributed by atoms with Gasteiger partial charge in [-0.3, -0.25) is 4.79 Å². The Morgan fingerprint density at radius 2 is 1.64 bits per heavy atom. The molecule has 3 nitrogen and oxygen atoms in total. The maximum atomic E-state index is 12.7. The Morgan fingerprint density at radius 3 is 2.41 bits per heavy atom. The van der Waals surface area contributed by atoms with E-state index in [-0.39, 0.29) is 23.9 Å². The number of carbonyl (C=O) groups excluding carboxylic acids is 1. The molecular formula is C19H26O3. The monoisotopic (exact) mass is 302 g/mol. The van der Waals surface area contributed by atoms with E-state index in [1.165, 1.54) is 12.0 Å². The van der Waals surface area contributed by atoms with Gasteiger partial charge in [-0.2, -0.15) is 0 Å². The summed E-state index contributed by atoms with van der Waals surface area (Å²) in [6, 6.07) is 10.3. The van der Waals surface area contributed by atoms with Crippen molar-refractivity contribution in [3.63, 3.8) is 0 Å². The van der Waals surface area contributed by atoms with Crippen molar-refractivity contribution >= 4 is 5.97 Å². The molecule has 0 amide bonds. The normalized spacial score (nSPS) is 32.4. The van der Waals surface area contributed by atoms with Crippen LogP contribution >= 0.6 is 0 Å². The number of ether oxygens (including phenoxy) is 1. The van der Waals surface area contributed by atoms with E-state index in [0.717, 1.165) is 44.9 Å². The molecule has 0 unspecified atom stereocenters. The van der Waals surface area contributed by atoms with Crippen molar-refractivity contribution in [3.8, 4) is 0 Å². The fraction of sp³-hybridized carbons (Fsp3) is 0.632. The second-order valence-electron chi connectivity index (χ2n) is 6.74. The van der Waals surface area contributed by atoms with E-state index in [0.29, 0.717) is 0 Å². The minimum absolute atomic E-state index is 0.0507. The third-order valence-corrected chi connectivity index (χ3v) is 5.23. The molecule has 120 valence electrons. The summed E-state index contributed by atoms with van der Waals surface area (Å²) in [4.78, 5) is 12.7. The van der Waals surface area contributed by atoms with Crippen LogP contribution < -0.4 is 0 Å². The fourth-order valence-corrected chi connectivity index (χ4v) is 3.96. The Kier molecular flexibility index (Phi) is 5.14. The van der Waals surface area contributed by atoms with Crippen molar-refractivity contribution in [2.75, 3.05) is 0 Å². The Morgan fingerprint density at radius 1 is 0.955 bits per heavy atom. The van der Waals surface area contributed by atoms with Gasteiger partial charge in [-0.1, -0.05) is 49.6 Å². The third kappa shape index (κ3) is 3.52. The molecule has 1 N–H and O–H groups in total. The van der Waals surface area contributed by atoms with Crippen LogP contribution in [-0.2, 0) is 9.53 Å². The summed E-state index contributed by atoms with van der Waals surface area (Å²) in [6.45, 7) is 0. The zero-order valence-corrected chi connectivity index (χ0v) is 13.1. The van der Waals surface area contributed by atoms with Crippen molar-refractivity contribution in [3.05, 3.63) is 35.9 Å². The predicted molar refractivity (Wildman–Crippen MR) is 85.5 cm³/mol. The number of rotatable bonds is 3. The summed E-state index contributed by atoms with van der Waals surface area (Å²) in [6.07, 6.45) is 7.09. The maximum Gasteiger partial charge on any atom is 0.309 e. The Hall–Kier alpha value is -1.35. The van der Waals surface area contributed by atoms with Crippen molar-refractivity contribution in [2.24, 2.45) is 5.92 Å². The minimum Gasteiger partial charge on any atom is -0.459 e. The number of esters is 1. The quantitative estimate of drug-likeness (QED) is 0.864. The maximum absolute atomic E-state index is 12.7. The predicted octanol–water partition coefficient (Wildman–Crippen LogP) is 3.81. The van der Waals surface area contributed by atoms with Gasteiger partial charge in [-0.05, 0) is 43.6 Å². The molecule has 0 spiro atoms. The average Bonchev–Trinajstić information content (AvgIpc) is 2.58. The topological polar surface area (TPSA) is 46.5 Å². The van der Waals surface area contributed by atoms with E-state index in [4.69, 9.17) is 4.74 Å². The van der Waals surface area contributed by atoms with Crippen LogP contribution in [0.3, 0.4) is 0 Å². The van der Waals surface area contributed by atoms with Gasteiger partial charge in [-0.15, -0.1) is 0 Å². The molecule has 0 aromatic heterocycles. The van der Waals surface area contributed by atoms with Crippen LogP contribution in [0.4, 0.5) is 0 Å². The summed E-state index contributed by atoms with van der Waals surface area (Å²) in [5, 5.41) is 10.0. The standard InChI is InChI=1S/C19H26O3/c20-17-12-6-7-13-18(17)22-19(21)16-11-5-4-10-15(16)14-8-2-1-3-9-14/h1-3,8-9,15-18,20H,4-7,10-13H2/t15-,16-,17+,18+/m0/s1. The summed E-state index contributed by atoms with van der Waals surface area (Å²) < 4.78 is 5.71. The highest BCUT2D eigenvalue weighted by atomic mass is 16.6. The van der Waals surface area contributed by atoms with Crippen molar-refractivity contribution < 1.29 is 14.6 Å². The number of hydrogen-bond donors (Lipinski definition) is 1. The molecule has 2 aliphatic carbocycles. The molecule has 3 heteroatoms. The number of benzene rings is 1. The number of aliphatic hydroxyl groups excluding tert-OH is 1. The van der Waals surface area contributed by atoms with Gasteiger partial charge in [-0.25, -0.2) is 0 Å². The molecule has 0 radical (unpaired) electrons.